The van der Waals surface area contributed by atoms with E-state index in [0.717, 1.165) is 12.1 Å². The van der Waals surface area contributed by atoms with Crippen molar-refractivity contribution in [3.8, 4) is 5.75 Å². The van der Waals surface area contributed by atoms with Crippen LogP contribution in [-0.2, 0) is 25.7 Å². The molecule has 0 aromatic heterocycles. The Balaban J connectivity index is 2.24. The van der Waals surface area contributed by atoms with Crippen molar-refractivity contribution >= 4 is 11.9 Å². The molecule has 5 nitrogen and oxygen atoms in total. The Morgan fingerprint density at radius 1 is 1.00 bits per heavy atom. The average Bonchev–Trinajstić information content (AvgIpc) is 2.51. The van der Waals surface area contributed by atoms with Crippen molar-refractivity contribution in [1.29, 1.82) is 0 Å². The van der Waals surface area contributed by atoms with E-state index in [0.29, 0.717) is 18.6 Å². The highest BCUT2D eigenvalue weighted by molar-refractivity contribution is 5.72. The topological polar surface area (TPSA) is 61.8 Å². The predicted molar refractivity (Wildman–Crippen MR) is 82.6 cm³/mol. The first-order valence-electron chi connectivity index (χ1n) is 7.81. The van der Waals surface area contributed by atoms with Crippen LogP contribution < -0.4 is 4.74 Å². The number of carbonyl (C=O) groups excluding carboxylic acids is 2. The molecule has 140 valence electrons. The first-order valence-corrected chi connectivity index (χ1v) is 7.81. The van der Waals surface area contributed by atoms with Gasteiger partial charge in [-0.25, -0.2) is 0 Å². The molecule has 8 heteroatoms. The first kappa shape index (κ1) is 20.8. The van der Waals surface area contributed by atoms with Crippen LogP contribution in [0, 0.1) is 5.92 Å². The van der Waals surface area contributed by atoms with Gasteiger partial charge in [-0.2, -0.15) is 0 Å². The summed E-state index contributed by atoms with van der Waals surface area (Å²) in [5, 5.41) is 0. The standard InChI is InChI=1S/C17H21F3O5/c1-12(2)10-23-15(21)4-3-5-16(22)24-11-13-6-8-14(9-7-13)25-17(18,19)20/h6-9,12H,3-5,10-11H2,1-2H3. The minimum absolute atomic E-state index is 0.0616. The lowest BCUT2D eigenvalue weighted by Crippen LogP contribution is -2.17. The van der Waals surface area contributed by atoms with Gasteiger partial charge in [-0.3, -0.25) is 9.59 Å². The Morgan fingerprint density at radius 2 is 1.56 bits per heavy atom. The second-order valence-corrected chi connectivity index (χ2v) is 5.78. The zero-order valence-corrected chi connectivity index (χ0v) is 14.1. The second kappa shape index (κ2) is 9.90. The van der Waals surface area contributed by atoms with E-state index in [1.165, 1.54) is 12.1 Å². The van der Waals surface area contributed by atoms with E-state index in [1.807, 2.05) is 13.8 Å². The number of hydrogen-bond donors (Lipinski definition) is 0. The van der Waals surface area contributed by atoms with Gasteiger partial charge < -0.3 is 14.2 Å². The Labute approximate surface area is 144 Å². The molecule has 0 spiro atoms. The molecule has 0 fully saturated rings. The van der Waals surface area contributed by atoms with Gasteiger partial charge in [0.1, 0.15) is 12.4 Å². The van der Waals surface area contributed by atoms with Crippen molar-refractivity contribution in [2.45, 2.75) is 46.1 Å². The van der Waals surface area contributed by atoms with E-state index in [2.05, 4.69) is 4.74 Å². The van der Waals surface area contributed by atoms with Crippen LogP contribution in [0.25, 0.3) is 0 Å². The molecule has 0 aliphatic rings. The summed E-state index contributed by atoms with van der Waals surface area (Å²) in [5.74, 6) is -0.946. The molecule has 0 amide bonds. The van der Waals surface area contributed by atoms with Crippen molar-refractivity contribution in [2.24, 2.45) is 5.92 Å². The van der Waals surface area contributed by atoms with E-state index in [-0.39, 0.29) is 37.1 Å². The lowest BCUT2D eigenvalue weighted by molar-refractivity contribution is -0.274. The number of rotatable bonds is 9. The molecule has 0 atom stereocenters. The van der Waals surface area contributed by atoms with Crippen LogP contribution in [0.4, 0.5) is 13.2 Å². The van der Waals surface area contributed by atoms with Crippen LogP contribution in [0.2, 0.25) is 0 Å². The molecule has 0 radical (unpaired) electrons. The quantitative estimate of drug-likeness (QED) is 0.622. The van der Waals surface area contributed by atoms with Crippen LogP contribution in [-0.4, -0.2) is 24.9 Å². The van der Waals surface area contributed by atoms with E-state index < -0.39 is 12.3 Å². The SMILES string of the molecule is CC(C)COC(=O)CCCC(=O)OCc1ccc(OC(F)(F)F)cc1. The zero-order chi connectivity index (χ0) is 18.9. The fourth-order valence-electron chi connectivity index (χ4n) is 1.73. The summed E-state index contributed by atoms with van der Waals surface area (Å²) in [5.41, 5.74) is 0.527. The molecule has 0 saturated carbocycles. The van der Waals surface area contributed by atoms with Crippen LogP contribution in [0.5, 0.6) is 5.75 Å². The smallest absolute Gasteiger partial charge is 0.465 e. The molecule has 0 heterocycles. The van der Waals surface area contributed by atoms with Crippen molar-refractivity contribution in [3.63, 3.8) is 0 Å². The number of esters is 2. The molecular formula is C17H21F3O5. The van der Waals surface area contributed by atoms with Gasteiger partial charge in [0.25, 0.3) is 0 Å². The maximum atomic E-state index is 12.0. The van der Waals surface area contributed by atoms with Crippen molar-refractivity contribution < 1.29 is 37.0 Å². The number of benzene rings is 1. The minimum atomic E-state index is -4.75. The summed E-state index contributed by atoms with van der Waals surface area (Å²) >= 11 is 0. The van der Waals surface area contributed by atoms with Crippen molar-refractivity contribution in [3.05, 3.63) is 29.8 Å². The summed E-state index contributed by atoms with van der Waals surface area (Å²) in [6.07, 6.45) is -4.24. The summed E-state index contributed by atoms with van der Waals surface area (Å²) in [7, 11) is 0. The Hall–Kier alpha value is -2.25. The van der Waals surface area contributed by atoms with Gasteiger partial charge >= 0.3 is 18.3 Å². The summed E-state index contributed by atoms with van der Waals surface area (Å²) < 4.78 is 49.8. The summed E-state index contributed by atoms with van der Waals surface area (Å²) in [6, 6.07) is 5.03. The van der Waals surface area contributed by atoms with Gasteiger partial charge in [-0.05, 0) is 30.0 Å². The van der Waals surface area contributed by atoms with Gasteiger partial charge in [0.2, 0.25) is 0 Å². The molecule has 0 bridgehead atoms. The van der Waals surface area contributed by atoms with Gasteiger partial charge in [0, 0.05) is 12.8 Å². The molecule has 0 saturated heterocycles. The number of ether oxygens (including phenoxy) is 3. The highest BCUT2D eigenvalue weighted by Gasteiger charge is 2.30. The fraction of sp³-hybridized carbons (Fsp3) is 0.529. The summed E-state index contributed by atoms with van der Waals surface area (Å²) in [4.78, 5) is 22.9. The van der Waals surface area contributed by atoms with Crippen LogP contribution in [0.3, 0.4) is 0 Å². The highest BCUT2D eigenvalue weighted by Crippen LogP contribution is 2.22. The van der Waals surface area contributed by atoms with E-state index in [4.69, 9.17) is 9.47 Å². The average molecular weight is 362 g/mol. The molecule has 1 aromatic carbocycles. The molecule has 0 aliphatic heterocycles. The van der Waals surface area contributed by atoms with Crippen LogP contribution >= 0.6 is 0 Å². The van der Waals surface area contributed by atoms with Gasteiger partial charge in [-0.15, -0.1) is 13.2 Å². The second-order valence-electron chi connectivity index (χ2n) is 5.78. The lowest BCUT2D eigenvalue weighted by Gasteiger charge is -2.09. The lowest BCUT2D eigenvalue weighted by atomic mass is 10.2. The Morgan fingerprint density at radius 3 is 2.08 bits per heavy atom. The number of halogens is 3. The van der Waals surface area contributed by atoms with Crippen LogP contribution in [0.1, 0.15) is 38.7 Å². The summed E-state index contributed by atoms with van der Waals surface area (Å²) in [6.45, 7) is 4.12. The third-order valence-electron chi connectivity index (χ3n) is 2.90. The molecule has 0 N–H and O–H groups in total. The molecule has 0 aliphatic carbocycles. The van der Waals surface area contributed by atoms with Crippen LogP contribution in [0.15, 0.2) is 24.3 Å². The minimum Gasteiger partial charge on any atom is -0.465 e. The monoisotopic (exact) mass is 362 g/mol. The van der Waals surface area contributed by atoms with Crippen molar-refractivity contribution in [1.82, 2.24) is 0 Å². The highest BCUT2D eigenvalue weighted by atomic mass is 19.4. The maximum Gasteiger partial charge on any atom is 0.573 e. The number of alkyl halides is 3. The third-order valence-corrected chi connectivity index (χ3v) is 2.90. The van der Waals surface area contributed by atoms with Crippen molar-refractivity contribution in [2.75, 3.05) is 6.61 Å². The van der Waals surface area contributed by atoms with E-state index >= 15 is 0 Å². The molecule has 1 aromatic rings. The largest absolute Gasteiger partial charge is 0.573 e. The molecular weight excluding hydrogens is 341 g/mol. The number of carbonyl (C=O) groups is 2. The fourth-order valence-corrected chi connectivity index (χ4v) is 1.73. The third kappa shape index (κ3) is 10.3. The molecule has 25 heavy (non-hydrogen) atoms. The van der Waals surface area contributed by atoms with Gasteiger partial charge in [0.05, 0.1) is 6.61 Å². The van der Waals surface area contributed by atoms with Gasteiger partial charge in [0.15, 0.2) is 0 Å². The van der Waals surface area contributed by atoms with Gasteiger partial charge in [-0.1, -0.05) is 26.0 Å². The maximum absolute atomic E-state index is 12.0. The predicted octanol–water partition coefficient (Wildman–Crippen LogP) is 4.00. The Bertz CT molecular complexity index is 552. The first-order chi connectivity index (χ1) is 11.7. The normalized spacial score (nSPS) is 11.3. The van der Waals surface area contributed by atoms with E-state index in [9.17, 15) is 22.8 Å². The molecule has 0 unspecified atom stereocenters. The molecule has 1 rings (SSSR count). The Kier molecular flexibility index (Phi) is 8.24. The zero-order valence-electron chi connectivity index (χ0n) is 14.1. The van der Waals surface area contributed by atoms with E-state index in [1.54, 1.807) is 0 Å². The number of hydrogen-bond acceptors (Lipinski definition) is 5.